The average molecular weight is 345 g/mol. The number of nitrogens with one attached hydrogen (secondary N) is 1. The Kier molecular flexibility index (Phi) is 6.81. The summed E-state index contributed by atoms with van der Waals surface area (Å²) in [5, 5.41) is 3.41. The number of methoxy groups -OCH3 is 1. The molecule has 0 aliphatic heterocycles. The first-order valence-electron chi connectivity index (χ1n) is 6.48. The molecule has 0 fully saturated rings. The van der Waals surface area contributed by atoms with Crippen molar-refractivity contribution in [2.75, 3.05) is 13.7 Å². The number of ether oxygens (including phenoxy) is 2. The van der Waals surface area contributed by atoms with Gasteiger partial charge < -0.3 is 20.5 Å². The Balaban J connectivity index is 2.86. The van der Waals surface area contributed by atoms with Gasteiger partial charge >= 0.3 is 0 Å². The SMILES string of the molecule is CCC(C)NCc1cc(Br)c(OCC(N)=O)c(OC)c1. The number of benzene rings is 1. The summed E-state index contributed by atoms with van der Waals surface area (Å²) in [6.07, 6.45) is 1.07. The molecule has 0 heterocycles. The first-order valence-corrected chi connectivity index (χ1v) is 7.28. The molecule has 0 aromatic heterocycles. The van der Waals surface area contributed by atoms with Gasteiger partial charge in [-0.3, -0.25) is 4.79 Å². The molecule has 1 rings (SSSR count). The zero-order chi connectivity index (χ0) is 15.1. The van der Waals surface area contributed by atoms with E-state index >= 15 is 0 Å². The number of rotatable bonds is 8. The Hall–Kier alpha value is -1.27. The highest BCUT2D eigenvalue weighted by molar-refractivity contribution is 9.10. The third-order valence-corrected chi connectivity index (χ3v) is 3.50. The molecule has 0 bridgehead atoms. The van der Waals surface area contributed by atoms with Crippen LogP contribution in [0.5, 0.6) is 11.5 Å². The van der Waals surface area contributed by atoms with Gasteiger partial charge in [-0.05, 0) is 47.0 Å². The molecule has 0 saturated heterocycles. The van der Waals surface area contributed by atoms with Crippen LogP contribution < -0.4 is 20.5 Å². The van der Waals surface area contributed by atoms with Gasteiger partial charge in [0, 0.05) is 12.6 Å². The van der Waals surface area contributed by atoms with Gasteiger partial charge in [-0.15, -0.1) is 0 Å². The zero-order valence-electron chi connectivity index (χ0n) is 12.0. The summed E-state index contributed by atoms with van der Waals surface area (Å²) in [5.74, 6) is 0.529. The summed E-state index contributed by atoms with van der Waals surface area (Å²) in [7, 11) is 1.56. The molecule has 1 atom stereocenters. The van der Waals surface area contributed by atoms with E-state index in [1.165, 1.54) is 0 Å². The fourth-order valence-corrected chi connectivity index (χ4v) is 2.20. The lowest BCUT2D eigenvalue weighted by molar-refractivity contribution is -0.119. The Bertz CT molecular complexity index is 466. The van der Waals surface area contributed by atoms with Crippen LogP contribution in [0.15, 0.2) is 16.6 Å². The van der Waals surface area contributed by atoms with E-state index in [1.54, 1.807) is 7.11 Å². The molecular formula is C14H21BrN2O3. The molecule has 0 aliphatic carbocycles. The fourth-order valence-electron chi connectivity index (χ4n) is 1.60. The predicted octanol–water partition coefficient (Wildman–Crippen LogP) is 2.21. The Morgan fingerprint density at radius 3 is 2.75 bits per heavy atom. The number of primary amides is 1. The summed E-state index contributed by atoms with van der Waals surface area (Å²) in [5.41, 5.74) is 6.15. The average Bonchev–Trinajstić information content (AvgIpc) is 2.42. The van der Waals surface area contributed by atoms with Gasteiger partial charge in [0.1, 0.15) is 0 Å². The first-order chi connectivity index (χ1) is 9.47. The number of carbonyl (C=O) groups is 1. The minimum atomic E-state index is -0.526. The van der Waals surface area contributed by atoms with Crippen LogP contribution in [0.3, 0.4) is 0 Å². The third kappa shape index (κ3) is 5.02. The van der Waals surface area contributed by atoms with Crippen molar-refractivity contribution in [2.24, 2.45) is 5.73 Å². The lowest BCUT2D eigenvalue weighted by Crippen LogP contribution is -2.24. The van der Waals surface area contributed by atoms with Gasteiger partial charge in [-0.25, -0.2) is 0 Å². The van der Waals surface area contributed by atoms with Crippen molar-refractivity contribution in [3.05, 3.63) is 22.2 Å². The van der Waals surface area contributed by atoms with E-state index in [2.05, 4.69) is 35.1 Å². The van der Waals surface area contributed by atoms with E-state index in [0.29, 0.717) is 17.5 Å². The standard InChI is InChI=1S/C14H21BrN2O3/c1-4-9(2)17-7-10-5-11(15)14(12(6-10)19-3)20-8-13(16)18/h5-6,9,17H,4,7-8H2,1-3H3,(H2,16,18). The van der Waals surface area contributed by atoms with Crippen LogP contribution in [0.4, 0.5) is 0 Å². The van der Waals surface area contributed by atoms with Crippen LogP contribution in [-0.2, 0) is 11.3 Å². The van der Waals surface area contributed by atoms with E-state index in [1.807, 2.05) is 12.1 Å². The highest BCUT2D eigenvalue weighted by Crippen LogP contribution is 2.36. The molecule has 6 heteroatoms. The van der Waals surface area contributed by atoms with E-state index in [9.17, 15) is 4.79 Å². The molecule has 0 radical (unpaired) electrons. The quantitative estimate of drug-likeness (QED) is 0.758. The number of hydrogen-bond donors (Lipinski definition) is 2. The molecule has 0 spiro atoms. The van der Waals surface area contributed by atoms with Crippen molar-refractivity contribution < 1.29 is 14.3 Å². The van der Waals surface area contributed by atoms with Gasteiger partial charge in [-0.1, -0.05) is 6.92 Å². The van der Waals surface area contributed by atoms with E-state index < -0.39 is 5.91 Å². The highest BCUT2D eigenvalue weighted by Gasteiger charge is 2.13. The summed E-state index contributed by atoms with van der Waals surface area (Å²) < 4.78 is 11.4. The van der Waals surface area contributed by atoms with E-state index in [4.69, 9.17) is 15.2 Å². The summed E-state index contributed by atoms with van der Waals surface area (Å²) in [4.78, 5) is 10.8. The Labute approximate surface area is 127 Å². The van der Waals surface area contributed by atoms with Crippen LogP contribution in [-0.4, -0.2) is 25.7 Å². The van der Waals surface area contributed by atoms with Gasteiger partial charge in [0.05, 0.1) is 11.6 Å². The zero-order valence-corrected chi connectivity index (χ0v) is 13.6. The van der Waals surface area contributed by atoms with Crippen molar-refractivity contribution in [1.29, 1.82) is 0 Å². The molecule has 1 unspecified atom stereocenters. The highest BCUT2D eigenvalue weighted by atomic mass is 79.9. The molecule has 0 saturated carbocycles. The summed E-state index contributed by atoms with van der Waals surface area (Å²) in [6.45, 7) is 4.82. The second kappa shape index (κ2) is 8.11. The molecule has 20 heavy (non-hydrogen) atoms. The Morgan fingerprint density at radius 1 is 1.50 bits per heavy atom. The third-order valence-electron chi connectivity index (χ3n) is 2.92. The predicted molar refractivity (Wildman–Crippen MR) is 82.0 cm³/mol. The number of carbonyl (C=O) groups excluding carboxylic acids is 1. The lowest BCUT2D eigenvalue weighted by atomic mass is 10.1. The van der Waals surface area contributed by atoms with Crippen LogP contribution >= 0.6 is 15.9 Å². The van der Waals surface area contributed by atoms with Crippen LogP contribution in [0.25, 0.3) is 0 Å². The van der Waals surface area contributed by atoms with Gasteiger partial charge in [0.2, 0.25) is 0 Å². The second-order valence-corrected chi connectivity index (χ2v) is 5.41. The second-order valence-electron chi connectivity index (χ2n) is 4.55. The van der Waals surface area contributed by atoms with Crippen LogP contribution in [0.1, 0.15) is 25.8 Å². The number of amides is 1. The minimum absolute atomic E-state index is 0.181. The number of hydrogen-bond acceptors (Lipinski definition) is 4. The maximum atomic E-state index is 10.8. The summed E-state index contributed by atoms with van der Waals surface area (Å²) >= 11 is 3.43. The number of nitrogens with two attached hydrogens (primary N) is 1. The molecule has 3 N–H and O–H groups in total. The topological polar surface area (TPSA) is 73.6 Å². The molecule has 5 nitrogen and oxygen atoms in total. The first kappa shape index (κ1) is 16.8. The molecular weight excluding hydrogens is 324 g/mol. The smallest absolute Gasteiger partial charge is 0.255 e. The normalized spacial score (nSPS) is 12.0. The number of halogens is 1. The minimum Gasteiger partial charge on any atom is -0.493 e. The molecule has 1 amide bonds. The van der Waals surface area contributed by atoms with Crippen molar-refractivity contribution in [3.8, 4) is 11.5 Å². The van der Waals surface area contributed by atoms with Crippen LogP contribution in [0, 0.1) is 0 Å². The van der Waals surface area contributed by atoms with E-state index in [0.717, 1.165) is 23.0 Å². The molecule has 1 aromatic carbocycles. The van der Waals surface area contributed by atoms with Crippen molar-refractivity contribution in [3.63, 3.8) is 0 Å². The monoisotopic (exact) mass is 344 g/mol. The molecule has 1 aromatic rings. The Morgan fingerprint density at radius 2 is 2.20 bits per heavy atom. The molecule has 0 aliphatic rings. The van der Waals surface area contributed by atoms with E-state index in [-0.39, 0.29) is 6.61 Å². The van der Waals surface area contributed by atoms with Crippen molar-refractivity contribution >= 4 is 21.8 Å². The van der Waals surface area contributed by atoms with Crippen molar-refractivity contribution in [2.45, 2.75) is 32.9 Å². The fraction of sp³-hybridized carbons (Fsp3) is 0.500. The lowest BCUT2D eigenvalue weighted by Gasteiger charge is -2.15. The molecule has 112 valence electrons. The maximum absolute atomic E-state index is 10.8. The maximum Gasteiger partial charge on any atom is 0.255 e. The summed E-state index contributed by atoms with van der Waals surface area (Å²) in [6, 6.07) is 4.27. The van der Waals surface area contributed by atoms with Crippen LogP contribution in [0.2, 0.25) is 0 Å². The van der Waals surface area contributed by atoms with Gasteiger partial charge in [-0.2, -0.15) is 0 Å². The van der Waals surface area contributed by atoms with Crippen molar-refractivity contribution in [1.82, 2.24) is 5.32 Å². The van der Waals surface area contributed by atoms with Gasteiger partial charge in [0.25, 0.3) is 5.91 Å². The largest absolute Gasteiger partial charge is 0.493 e. The van der Waals surface area contributed by atoms with Gasteiger partial charge in [0.15, 0.2) is 18.1 Å².